The molecule has 1 aromatic carbocycles. The van der Waals surface area contributed by atoms with Crippen LogP contribution in [0.3, 0.4) is 0 Å². The number of rotatable bonds is 3. The van der Waals surface area contributed by atoms with Crippen LogP contribution in [-0.2, 0) is 5.41 Å². The van der Waals surface area contributed by atoms with Crippen LogP contribution >= 0.6 is 0 Å². The second kappa shape index (κ2) is 4.70. The van der Waals surface area contributed by atoms with Gasteiger partial charge in [-0.15, -0.1) is 0 Å². The van der Waals surface area contributed by atoms with Crippen molar-refractivity contribution in [3.05, 3.63) is 40.2 Å². The van der Waals surface area contributed by atoms with E-state index in [4.69, 9.17) is 6.57 Å². The molecule has 0 aromatic heterocycles. The molecule has 0 bridgehead atoms. The van der Waals surface area contributed by atoms with Gasteiger partial charge in [0.05, 0.1) is 6.57 Å². The van der Waals surface area contributed by atoms with E-state index in [1.165, 1.54) is 11.1 Å². The van der Waals surface area contributed by atoms with Crippen molar-refractivity contribution >= 4 is 5.69 Å². The van der Waals surface area contributed by atoms with Crippen LogP contribution in [0.4, 0.5) is 5.69 Å². The summed E-state index contributed by atoms with van der Waals surface area (Å²) < 4.78 is 0. The Morgan fingerprint density at radius 1 is 1.19 bits per heavy atom. The lowest BCUT2D eigenvalue weighted by Crippen LogP contribution is -2.19. The molecule has 0 spiro atoms. The number of hydrogen-bond donors (Lipinski definition) is 0. The van der Waals surface area contributed by atoms with Crippen molar-refractivity contribution < 1.29 is 0 Å². The molecule has 0 aliphatic heterocycles. The van der Waals surface area contributed by atoms with E-state index >= 15 is 0 Å². The van der Waals surface area contributed by atoms with E-state index in [1.807, 2.05) is 6.92 Å². The first-order chi connectivity index (χ1) is 7.48. The number of aryl methyl sites for hydroxylation is 1. The van der Waals surface area contributed by atoms with E-state index in [0.29, 0.717) is 0 Å². The third-order valence-electron chi connectivity index (χ3n) is 4.02. The molecule has 1 rings (SSSR count). The fourth-order valence-corrected chi connectivity index (χ4v) is 1.96. The molecule has 0 heterocycles. The normalized spacial score (nSPS) is 11.2. The van der Waals surface area contributed by atoms with Crippen LogP contribution in [0.2, 0.25) is 0 Å². The van der Waals surface area contributed by atoms with Crippen molar-refractivity contribution in [3.8, 4) is 0 Å². The maximum Gasteiger partial charge on any atom is 0.190 e. The summed E-state index contributed by atoms with van der Waals surface area (Å²) in [5.41, 5.74) is 4.68. The highest BCUT2D eigenvalue weighted by atomic mass is 14.6. The third-order valence-corrected chi connectivity index (χ3v) is 4.02. The standard InChI is InChI=1S/C15H21N/c1-7-15(5,8-2)13-9-11(3)12(4)14(10-13)16-6/h9-10H,7-8H2,1-5H3. The molecular weight excluding hydrogens is 194 g/mol. The summed E-state index contributed by atoms with van der Waals surface area (Å²) in [4.78, 5) is 3.62. The number of benzene rings is 1. The highest BCUT2D eigenvalue weighted by Crippen LogP contribution is 2.35. The molecule has 0 atom stereocenters. The van der Waals surface area contributed by atoms with Gasteiger partial charge in [0.25, 0.3) is 0 Å². The summed E-state index contributed by atoms with van der Waals surface area (Å²) in [6.45, 7) is 18.1. The van der Waals surface area contributed by atoms with E-state index in [9.17, 15) is 0 Å². The summed E-state index contributed by atoms with van der Waals surface area (Å²) in [5.74, 6) is 0. The summed E-state index contributed by atoms with van der Waals surface area (Å²) in [5, 5.41) is 0. The van der Waals surface area contributed by atoms with Gasteiger partial charge in [-0.3, -0.25) is 0 Å². The highest BCUT2D eigenvalue weighted by Gasteiger charge is 2.23. The first kappa shape index (κ1) is 12.8. The molecule has 86 valence electrons. The molecule has 1 nitrogen and oxygen atoms in total. The molecular formula is C15H21N. The minimum Gasteiger partial charge on any atom is -0.238 e. The van der Waals surface area contributed by atoms with Crippen molar-refractivity contribution in [2.75, 3.05) is 0 Å². The molecule has 0 aliphatic rings. The van der Waals surface area contributed by atoms with Gasteiger partial charge in [-0.2, -0.15) is 0 Å². The van der Waals surface area contributed by atoms with E-state index < -0.39 is 0 Å². The van der Waals surface area contributed by atoms with Gasteiger partial charge < -0.3 is 0 Å². The van der Waals surface area contributed by atoms with Crippen molar-refractivity contribution in [2.24, 2.45) is 0 Å². The van der Waals surface area contributed by atoms with Crippen LogP contribution in [0.15, 0.2) is 12.1 Å². The molecule has 0 radical (unpaired) electrons. The maximum atomic E-state index is 7.22. The predicted molar refractivity (Wildman–Crippen MR) is 70.1 cm³/mol. The summed E-state index contributed by atoms with van der Waals surface area (Å²) in [6, 6.07) is 4.32. The monoisotopic (exact) mass is 215 g/mol. The Morgan fingerprint density at radius 3 is 2.19 bits per heavy atom. The summed E-state index contributed by atoms with van der Waals surface area (Å²) in [7, 11) is 0. The lowest BCUT2D eigenvalue weighted by atomic mass is 9.77. The van der Waals surface area contributed by atoms with Crippen molar-refractivity contribution in [1.29, 1.82) is 0 Å². The molecule has 0 N–H and O–H groups in total. The van der Waals surface area contributed by atoms with Crippen molar-refractivity contribution in [3.63, 3.8) is 0 Å². The minimum atomic E-state index is 0.206. The highest BCUT2D eigenvalue weighted by molar-refractivity contribution is 5.58. The van der Waals surface area contributed by atoms with Gasteiger partial charge in [0.1, 0.15) is 0 Å². The molecule has 0 amide bonds. The van der Waals surface area contributed by atoms with Gasteiger partial charge in [0.15, 0.2) is 5.69 Å². The molecule has 0 fully saturated rings. The fraction of sp³-hybridized carbons (Fsp3) is 0.533. The van der Waals surface area contributed by atoms with Gasteiger partial charge in [0, 0.05) is 0 Å². The number of hydrogen-bond acceptors (Lipinski definition) is 0. The van der Waals surface area contributed by atoms with Gasteiger partial charge in [-0.1, -0.05) is 44.0 Å². The molecule has 16 heavy (non-hydrogen) atoms. The van der Waals surface area contributed by atoms with Crippen LogP contribution in [0.1, 0.15) is 50.3 Å². The Bertz CT molecular complexity index is 420. The summed E-state index contributed by atoms with van der Waals surface area (Å²) in [6.07, 6.45) is 2.23. The quantitative estimate of drug-likeness (QED) is 0.629. The lowest BCUT2D eigenvalue weighted by Gasteiger charge is -2.28. The first-order valence-corrected chi connectivity index (χ1v) is 5.97. The second-order valence-corrected chi connectivity index (χ2v) is 4.82. The Morgan fingerprint density at radius 2 is 1.75 bits per heavy atom. The van der Waals surface area contributed by atoms with Gasteiger partial charge in [-0.25, -0.2) is 4.85 Å². The van der Waals surface area contributed by atoms with Crippen LogP contribution in [0.25, 0.3) is 4.85 Å². The van der Waals surface area contributed by atoms with Gasteiger partial charge >= 0.3 is 0 Å². The van der Waals surface area contributed by atoms with Crippen LogP contribution in [0.5, 0.6) is 0 Å². The SMILES string of the molecule is [C-]#[N+]c1cc(C(C)(CC)CC)cc(C)c1C. The molecule has 1 aromatic rings. The maximum absolute atomic E-state index is 7.22. The molecule has 0 aliphatic carbocycles. The zero-order valence-electron chi connectivity index (χ0n) is 11.0. The van der Waals surface area contributed by atoms with Crippen molar-refractivity contribution in [2.45, 2.75) is 52.9 Å². The van der Waals surface area contributed by atoms with E-state index in [1.54, 1.807) is 0 Å². The zero-order valence-corrected chi connectivity index (χ0v) is 11.0. The van der Waals surface area contributed by atoms with Gasteiger partial charge in [0.2, 0.25) is 0 Å². The number of nitrogens with zero attached hydrogens (tertiary/aromatic N) is 1. The van der Waals surface area contributed by atoms with Crippen LogP contribution in [-0.4, -0.2) is 0 Å². The van der Waals surface area contributed by atoms with Gasteiger partial charge in [-0.05, 0) is 37.7 Å². The Hall–Kier alpha value is -1.29. The van der Waals surface area contributed by atoms with E-state index in [-0.39, 0.29) is 5.41 Å². The Balaban J connectivity index is 3.38. The predicted octanol–water partition coefficient (Wildman–Crippen LogP) is 4.93. The fourth-order valence-electron chi connectivity index (χ4n) is 1.96. The average Bonchev–Trinajstić information content (AvgIpc) is 2.31. The van der Waals surface area contributed by atoms with E-state index in [2.05, 4.69) is 44.7 Å². The second-order valence-electron chi connectivity index (χ2n) is 4.82. The average molecular weight is 215 g/mol. The summed E-state index contributed by atoms with van der Waals surface area (Å²) >= 11 is 0. The topological polar surface area (TPSA) is 4.36 Å². The van der Waals surface area contributed by atoms with Crippen LogP contribution in [0, 0.1) is 20.4 Å². The van der Waals surface area contributed by atoms with E-state index in [0.717, 1.165) is 24.1 Å². The zero-order chi connectivity index (χ0) is 12.3. The molecule has 0 unspecified atom stereocenters. The van der Waals surface area contributed by atoms with Crippen molar-refractivity contribution in [1.82, 2.24) is 0 Å². The Labute approximate surface area is 99.3 Å². The lowest BCUT2D eigenvalue weighted by molar-refractivity contribution is 0.439. The van der Waals surface area contributed by atoms with Crippen LogP contribution < -0.4 is 0 Å². The molecule has 0 saturated heterocycles. The third kappa shape index (κ3) is 2.11. The smallest absolute Gasteiger partial charge is 0.190 e. The molecule has 0 saturated carbocycles. The minimum absolute atomic E-state index is 0.206. The first-order valence-electron chi connectivity index (χ1n) is 5.97. The largest absolute Gasteiger partial charge is 0.238 e. The Kier molecular flexibility index (Phi) is 3.75. The molecule has 1 heteroatoms.